The monoisotopic (exact) mass is 851 g/mol. The fourth-order valence-electron chi connectivity index (χ4n) is 7.74. The molecule has 3 N–H and O–H groups in total. The molecule has 1 unspecified atom stereocenters. The van der Waals surface area contributed by atoms with Crippen molar-refractivity contribution < 1.29 is 37.1 Å². The van der Waals surface area contributed by atoms with Gasteiger partial charge in [-0.25, -0.2) is 0 Å². The van der Waals surface area contributed by atoms with Gasteiger partial charge in [0.15, 0.2) is 5.11 Å². The van der Waals surface area contributed by atoms with Crippen LogP contribution in [-0.4, -0.2) is 71.0 Å². The molecule has 6 rings (SSSR count). The zero-order valence-corrected chi connectivity index (χ0v) is 34.6. The van der Waals surface area contributed by atoms with Crippen LogP contribution in [0, 0.1) is 17.2 Å². The third-order valence-corrected chi connectivity index (χ3v) is 11.7. The number of anilines is 4. The number of nitrogens with zero attached hydrogens (tertiary/aromatic N) is 4. The summed E-state index contributed by atoms with van der Waals surface area (Å²) >= 11 is 12.0. The summed E-state index contributed by atoms with van der Waals surface area (Å²) in [4.78, 5) is 55.6. The van der Waals surface area contributed by atoms with Crippen molar-refractivity contribution in [2.75, 3.05) is 40.1 Å². The molecular weight excluding hydrogens is 807 g/mol. The van der Waals surface area contributed by atoms with Gasteiger partial charge in [0.25, 0.3) is 5.91 Å². The standard InChI is InChI=1S/C42H45ClF3N7O5S/c1-5-26-18-32(53-40(59)52(39(57)41(53,3)4)31-7-6-27(23-47)33(22-31)42(44,45)46)8-10-35(26)58-17-14-25-12-15-51(16-13-25)24(2)37(55)49-30-20-28(43)19-29(21-30)48-34-9-11-36(54)50-38(34)56/h6-8,10,18-22,24-25,34,48H,5,9,11-17H2,1-4H3,(H,49,55)(H,50,54,56)/t24-,34?/m0/s1. The minimum Gasteiger partial charge on any atom is -0.493 e. The molecule has 3 aromatic rings. The van der Waals surface area contributed by atoms with Gasteiger partial charge < -0.3 is 20.3 Å². The number of carbonyl (C=O) groups excluding carboxylic acids is 4. The fourth-order valence-corrected chi connectivity index (χ4v) is 8.49. The molecule has 0 bridgehead atoms. The van der Waals surface area contributed by atoms with Crippen molar-refractivity contribution in [3.05, 3.63) is 76.3 Å². The van der Waals surface area contributed by atoms with Gasteiger partial charge in [0.1, 0.15) is 17.3 Å². The molecule has 0 saturated carbocycles. The summed E-state index contributed by atoms with van der Waals surface area (Å²) in [5, 5.41) is 18.0. The Hall–Kier alpha value is -5.24. The lowest BCUT2D eigenvalue weighted by Crippen LogP contribution is -2.47. The molecule has 0 aromatic heterocycles. The first-order valence-electron chi connectivity index (χ1n) is 19.4. The van der Waals surface area contributed by atoms with E-state index in [0.717, 1.165) is 54.9 Å². The Labute approximate surface area is 351 Å². The second-order valence-electron chi connectivity index (χ2n) is 15.5. The van der Waals surface area contributed by atoms with E-state index in [2.05, 4.69) is 20.9 Å². The van der Waals surface area contributed by atoms with Crippen molar-refractivity contribution in [1.82, 2.24) is 10.2 Å². The van der Waals surface area contributed by atoms with Crippen molar-refractivity contribution in [3.63, 3.8) is 0 Å². The van der Waals surface area contributed by atoms with E-state index in [4.69, 9.17) is 28.6 Å². The molecule has 0 radical (unpaired) electrons. The van der Waals surface area contributed by atoms with Crippen molar-refractivity contribution in [3.8, 4) is 11.8 Å². The summed E-state index contributed by atoms with van der Waals surface area (Å²) in [7, 11) is 0. The Bertz CT molecular complexity index is 2210. The van der Waals surface area contributed by atoms with E-state index in [1.54, 1.807) is 49.1 Å². The number of nitriles is 1. The van der Waals surface area contributed by atoms with Gasteiger partial charge in [-0.3, -0.25) is 34.3 Å². The topological polar surface area (TPSA) is 147 Å². The minimum atomic E-state index is -4.80. The summed E-state index contributed by atoms with van der Waals surface area (Å²) in [6, 6.07) is 14.2. The van der Waals surface area contributed by atoms with Crippen LogP contribution in [0.25, 0.3) is 0 Å². The summed E-state index contributed by atoms with van der Waals surface area (Å²) in [5.41, 5.74) is -0.479. The molecule has 2 atom stereocenters. The molecule has 3 fully saturated rings. The summed E-state index contributed by atoms with van der Waals surface area (Å²) in [5.74, 6) is -0.327. The largest absolute Gasteiger partial charge is 0.493 e. The highest BCUT2D eigenvalue weighted by Crippen LogP contribution is 2.41. The number of imide groups is 1. The van der Waals surface area contributed by atoms with Gasteiger partial charge in [-0.2, -0.15) is 18.4 Å². The lowest BCUT2D eigenvalue weighted by atomic mass is 9.93. The van der Waals surface area contributed by atoms with Gasteiger partial charge >= 0.3 is 6.18 Å². The molecular formula is C42H45ClF3N7O5S. The summed E-state index contributed by atoms with van der Waals surface area (Å²) in [6.07, 6.45) is -1.03. The van der Waals surface area contributed by atoms with Crippen LogP contribution in [0.15, 0.2) is 54.6 Å². The second kappa shape index (κ2) is 17.5. The number of aryl methyl sites for hydroxylation is 1. The molecule has 3 aliphatic rings. The van der Waals surface area contributed by atoms with E-state index in [1.807, 2.05) is 26.0 Å². The maximum Gasteiger partial charge on any atom is 0.417 e. The SMILES string of the molecule is CCc1cc(N2C(=S)N(c3ccc(C#N)c(C(F)(F)F)c3)C(=O)C2(C)C)ccc1OCCC1CCN([C@@H](C)C(=O)Nc2cc(Cl)cc(NC3CCC(=O)NC3=O)c2)CC1. The number of benzene rings is 3. The maximum atomic E-state index is 13.8. The number of ether oxygens (including phenoxy) is 1. The first kappa shape index (κ1) is 43.3. The minimum absolute atomic E-state index is 0.0182. The van der Waals surface area contributed by atoms with Crippen LogP contribution in [0.5, 0.6) is 5.75 Å². The van der Waals surface area contributed by atoms with Crippen LogP contribution in [0.1, 0.15) is 76.5 Å². The van der Waals surface area contributed by atoms with E-state index in [9.17, 15) is 37.6 Å². The molecule has 0 spiro atoms. The van der Waals surface area contributed by atoms with Gasteiger partial charge in [0.05, 0.1) is 35.5 Å². The zero-order valence-electron chi connectivity index (χ0n) is 33.0. The van der Waals surface area contributed by atoms with Gasteiger partial charge in [0, 0.05) is 28.5 Å². The predicted molar refractivity (Wildman–Crippen MR) is 222 cm³/mol. The smallest absolute Gasteiger partial charge is 0.417 e. The van der Waals surface area contributed by atoms with Crippen molar-refractivity contribution in [2.24, 2.45) is 5.92 Å². The van der Waals surface area contributed by atoms with Crippen molar-refractivity contribution in [2.45, 2.75) is 90.0 Å². The highest BCUT2D eigenvalue weighted by Gasteiger charge is 2.51. The number of likely N-dealkylation sites (tertiary alicyclic amines) is 1. The maximum absolute atomic E-state index is 13.8. The molecule has 3 aromatic carbocycles. The van der Waals surface area contributed by atoms with Gasteiger partial charge in [0.2, 0.25) is 17.7 Å². The Morgan fingerprint density at radius 1 is 1.05 bits per heavy atom. The van der Waals surface area contributed by atoms with Crippen LogP contribution >= 0.6 is 23.8 Å². The lowest BCUT2D eigenvalue weighted by molar-refractivity contribution is -0.138. The molecule has 312 valence electrons. The van der Waals surface area contributed by atoms with Crippen LogP contribution in [0.2, 0.25) is 5.02 Å². The van der Waals surface area contributed by atoms with Crippen LogP contribution in [0.3, 0.4) is 0 Å². The fraction of sp³-hybridized carbons (Fsp3) is 0.429. The molecule has 3 saturated heterocycles. The van der Waals surface area contributed by atoms with Gasteiger partial charge in [-0.15, -0.1) is 0 Å². The van der Waals surface area contributed by atoms with Crippen molar-refractivity contribution in [1.29, 1.82) is 5.26 Å². The molecule has 12 nitrogen and oxygen atoms in total. The number of nitrogens with one attached hydrogen (secondary N) is 3. The number of rotatable bonds is 12. The van der Waals surface area contributed by atoms with Crippen LogP contribution < -0.4 is 30.5 Å². The highest BCUT2D eigenvalue weighted by atomic mass is 35.5. The highest BCUT2D eigenvalue weighted by molar-refractivity contribution is 7.81. The number of carbonyl (C=O) groups is 4. The summed E-state index contributed by atoms with van der Waals surface area (Å²) in [6.45, 7) is 9.08. The number of piperidine rings is 2. The number of hydrogen-bond donors (Lipinski definition) is 3. The average molecular weight is 852 g/mol. The first-order valence-corrected chi connectivity index (χ1v) is 20.2. The Morgan fingerprint density at radius 3 is 2.41 bits per heavy atom. The Balaban J connectivity index is 1.02. The Kier molecular flexibility index (Phi) is 12.9. The van der Waals surface area contributed by atoms with E-state index in [-0.39, 0.29) is 29.0 Å². The van der Waals surface area contributed by atoms with E-state index >= 15 is 0 Å². The molecule has 4 amide bonds. The van der Waals surface area contributed by atoms with E-state index in [0.29, 0.717) is 53.2 Å². The average Bonchev–Trinajstić information content (AvgIpc) is 3.36. The Morgan fingerprint density at radius 2 is 1.75 bits per heavy atom. The van der Waals surface area contributed by atoms with Gasteiger partial charge in [-0.05, 0) is 144 Å². The van der Waals surface area contributed by atoms with Gasteiger partial charge in [-0.1, -0.05) is 18.5 Å². The quantitative estimate of drug-likeness (QED) is 0.124. The second-order valence-corrected chi connectivity index (χ2v) is 16.3. The molecule has 3 aliphatic heterocycles. The number of amides is 4. The van der Waals surface area contributed by atoms with Crippen LogP contribution in [0.4, 0.5) is 35.9 Å². The number of alkyl halides is 3. The molecule has 0 aliphatic carbocycles. The van der Waals surface area contributed by atoms with Crippen LogP contribution in [-0.2, 0) is 31.8 Å². The normalized spacial score (nSPS) is 19.3. The molecule has 59 heavy (non-hydrogen) atoms. The number of halogens is 4. The predicted octanol–water partition coefficient (Wildman–Crippen LogP) is 7.43. The molecule has 3 heterocycles. The molecule has 17 heteroatoms. The summed E-state index contributed by atoms with van der Waals surface area (Å²) < 4.78 is 47.6. The third kappa shape index (κ3) is 9.48. The number of hydrogen-bond acceptors (Lipinski definition) is 9. The third-order valence-electron chi connectivity index (χ3n) is 11.1. The lowest BCUT2D eigenvalue weighted by Gasteiger charge is -2.35. The van der Waals surface area contributed by atoms with E-state index in [1.165, 1.54) is 6.07 Å². The van der Waals surface area contributed by atoms with E-state index < -0.39 is 46.7 Å². The number of thiocarbonyl (C=S) groups is 1. The first-order chi connectivity index (χ1) is 27.9. The zero-order chi connectivity index (χ0) is 42.8. The van der Waals surface area contributed by atoms with Crippen molar-refractivity contribution >= 4 is 75.3 Å².